The minimum Gasteiger partial charge on any atom is -0.345 e. The summed E-state index contributed by atoms with van der Waals surface area (Å²) in [6, 6.07) is 4.09. The molecule has 0 radical (unpaired) electrons. The Morgan fingerprint density at radius 2 is 1.40 bits per heavy atom. The average Bonchev–Trinajstić information content (AvgIpc) is 2.94. The van der Waals surface area contributed by atoms with Crippen LogP contribution in [0.15, 0.2) is 65.4 Å². The zero-order chi connectivity index (χ0) is 35.9. The van der Waals surface area contributed by atoms with Gasteiger partial charge in [0.1, 0.15) is 0 Å². The van der Waals surface area contributed by atoms with E-state index in [1.54, 1.807) is 26.1 Å². The fourth-order valence-corrected chi connectivity index (χ4v) is 11.7. The van der Waals surface area contributed by atoms with Crippen LogP contribution in [0.3, 0.4) is 0 Å². The number of aliphatic imine (C=N–C) groups is 1. The van der Waals surface area contributed by atoms with E-state index in [4.69, 9.17) is 0 Å². The van der Waals surface area contributed by atoms with Gasteiger partial charge in [0.05, 0.1) is 16.9 Å². The quantitative estimate of drug-likeness (QED) is 0.0636. The largest absolute Gasteiger partial charge is 0.345 e. The molecule has 0 aliphatic carbocycles. The van der Waals surface area contributed by atoms with Gasteiger partial charge in [-0.05, 0) is 211 Å². The summed E-state index contributed by atoms with van der Waals surface area (Å²) < 4.78 is 72.8. The smallest absolute Gasteiger partial charge is 0.266 e. The summed E-state index contributed by atoms with van der Waals surface area (Å²) in [5.41, 5.74) is 4.09. The van der Waals surface area contributed by atoms with Crippen molar-refractivity contribution >= 4 is 167 Å². The molecule has 2 rings (SSSR count). The molecule has 1 unspecified atom stereocenters. The van der Waals surface area contributed by atoms with Gasteiger partial charge in [-0.2, -0.15) is 16.8 Å². The standard InChI is InChI=1S/C31H34I6N2O6S2/c1-19-16-22(32)29(36)30(37)26(19)31(4,18-47(43,44)45)25(38-5)13-10-8-6-7-9-12-20(2)39(14-11-15-46(40,41)42)24-17-23(33)28(35)27(34)21(24)3/h6-10,12-13,16-17H,11,14-15,18H2,1-5H3,(H,40,41,42)(H,43,44,45)/b8-6+,9-7+,13-10+,20-12-,38-25?. The number of anilines is 1. The van der Waals surface area contributed by atoms with E-state index in [9.17, 15) is 25.9 Å². The third kappa shape index (κ3) is 12.9. The molecule has 2 N–H and O–H groups in total. The van der Waals surface area contributed by atoms with E-state index < -0.39 is 31.4 Å². The van der Waals surface area contributed by atoms with E-state index >= 15 is 0 Å². The van der Waals surface area contributed by atoms with Crippen molar-refractivity contribution in [3.63, 3.8) is 0 Å². The van der Waals surface area contributed by atoms with Gasteiger partial charge in [0, 0.05) is 52.1 Å². The molecule has 258 valence electrons. The highest BCUT2D eigenvalue weighted by atomic mass is 127. The number of benzene rings is 2. The van der Waals surface area contributed by atoms with Gasteiger partial charge in [0.15, 0.2) is 0 Å². The molecule has 0 spiro atoms. The van der Waals surface area contributed by atoms with Crippen molar-refractivity contribution in [3.05, 3.63) is 98.5 Å². The predicted molar refractivity (Wildman–Crippen MR) is 245 cm³/mol. The average molecular weight is 1360 g/mol. The molecule has 16 heteroatoms. The van der Waals surface area contributed by atoms with Crippen molar-refractivity contribution in [2.75, 3.05) is 30.0 Å². The fourth-order valence-electron chi connectivity index (χ4n) is 5.00. The third-order valence-electron chi connectivity index (χ3n) is 7.10. The number of allylic oxidation sites excluding steroid dienone is 8. The van der Waals surface area contributed by atoms with Gasteiger partial charge < -0.3 is 4.90 Å². The van der Waals surface area contributed by atoms with Gasteiger partial charge in [0.2, 0.25) is 0 Å². The topological polar surface area (TPSA) is 124 Å². The molecule has 8 nitrogen and oxygen atoms in total. The molecule has 0 aliphatic rings. The van der Waals surface area contributed by atoms with Gasteiger partial charge in [-0.25, -0.2) is 0 Å². The van der Waals surface area contributed by atoms with Crippen LogP contribution in [-0.4, -0.2) is 56.8 Å². The normalized spacial score (nSPS) is 14.9. The zero-order valence-electron chi connectivity index (χ0n) is 26.0. The number of rotatable bonds is 14. The Bertz CT molecular complexity index is 1870. The molecule has 0 saturated heterocycles. The van der Waals surface area contributed by atoms with Crippen LogP contribution in [0.2, 0.25) is 0 Å². The maximum absolute atomic E-state index is 12.2. The minimum absolute atomic E-state index is 0.259. The Balaban J connectivity index is 2.39. The van der Waals surface area contributed by atoms with Crippen LogP contribution < -0.4 is 4.90 Å². The molecule has 0 aliphatic heterocycles. The van der Waals surface area contributed by atoms with Crippen LogP contribution >= 0.6 is 136 Å². The summed E-state index contributed by atoms with van der Waals surface area (Å²) in [6.07, 6.45) is 13.1. The van der Waals surface area contributed by atoms with E-state index in [-0.39, 0.29) is 12.2 Å². The van der Waals surface area contributed by atoms with Gasteiger partial charge in [-0.3, -0.25) is 14.1 Å². The lowest BCUT2D eigenvalue weighted by atomic mass is 9.77. The lowest BCUT2D eigenvalue weighted by molar-refractivity contribution is 0.472. The number of aryl methyl sites for hydroxylation is 1. The lowest BCUT2D eigenvalue weighted by Gasteiger charge is -2.32. The number of hydrogen-bond donors (Lipinski definition) is 2. The molecule has 0 saturated carbocycles. The number of hydrogen-bond acceptors (Lipinski definition) is 6. The van der Waals surface area contributed by atoms with Crippen molar-refractivity contribution in [3.8, 4) is 0 Å². The van der Waals surface area contributed by atoms with Crippen LogP contribution in [0.4, 0.5) is 5.69 Å². The Labute approximate surface area is 360 Å². The maximum Gasteiger partial charge on any atom is 0.266 e. The molecule has 0 amide bonds. The first kappa shape index (κ1) is 44.2. The molecule has 2 aromatic rings. The third-order valence-corrected chi connectivity index (χ3v) is 19.3. The summed E-state index contributed by atoms with van der Waals surface area (Å²) in [5, 5.41) is 0. The minimum atomic E-state index is -4.35. The van der Waals surface area contributed by atoms with Crippen LogP contribution in [-0.2, 0) is 25.7 Å². The van der Waals surface area contributed by atoms with Crippen molar-refractivity contribution in [1.29, 1.82) is 0 Å². The number of nitrogens with zero attached hydrogens (tertiary/aromatic N) is 2. The highest BCUT2D eigenvalue weighted by Crippen LogP contribution is 2.38. The Morgan fingerprint density at radius 1 is 0.851 bits per heavy atom. The second-order valence-corrected chi connectivity index (χ2v) is 20.4. The van der Waals surface area contributed by atoms with E-state index in [1.807, 2.05) is 57.2 Å². The van der Waals surface area contributed by atoms with Crippen LogP contribution in [0.25, 0.3) is 0 Å². The predicted octanol–water partition coefficient (Wildman–Crippen LogP) is 9.50. The Hall–Kier alpha value is 1.07. The van der Waals surface area contributed by atoms with Gasteiger partial charge in [-0.1, -0.05) is 30.4 Å². The highest BCUT2D eigenvalue weighted by Gasteiger charge is 2.39. The zero-order valence-corrected chi connectivity index (χ0v) is 40.6. The van der Waals surface area contributed by atoms with Crippen molar-refractivity contribution in [1.82, 2.24) is 0 Å². The lowest BCUT2D eigenvalue weighted by Crippen LogP contribution is -2.40. The summed E-state index contributed by atoms with van der Waals surface area (Å²) in [7, 11) is -6.81. The van der Waals surface area contributed by atoms with E-state index in [1.165, 1.54) is 0 Å². The first-order valence-electron chi connectivity index (χ1n) is 13.8. The van der Waals surface area contributed by atoms with Crippen LogP contribution in [0.1, 0.15) is 37.0 Å². The molecule has 47 heavy (non-hydrogen) atoms. The second-order valence-electron chi connectivity index (χ2n) is 10.7. The summed E-state index contributed by atoms with van der Waals surface area (Å²) in [5.74, 6) is -0.843. The molecular formula is C31H34I6N2O6S2. The van der Waals surface area contributed by atoms with Crippen molar-refractivity contribution in [2.45, 2.75) is 39.5 Å². The molecular weight excluding hydrogens is 1320 g/mol. The number of halogens is 6. The Morgan fingerprint density at radius 3 is 1.98 bits per heavy atom. The molecule has 0 heterocycles. The molecule has 0 fully saturated rings. The second kappa shape index (κ2) is 19.2. The first-order valence-corrected chi connectivity index (χ1v) is 23.5. The molecule has 2 aromatic carbocycles. The Kier molecular flexibility index (Phi) is 18.1. The summed E-state index contributed by atoms with van der Waals surface area (Å²) in [4.78, 5) is 6.51. The van der Waals surface area contributed by atoms with E-state index in [0.29, 0.717) is 12.3 Å². The van der Waals surface area contributed by atoms with Crippen LogP contribution in [0.5, 0.6) is 0 Å². The van der Waals surface area contributed by atoms with Crippen molar-refractivity contribution in [2.24, 2.45) is 4.99 Å². The maximum atomic E-state index is 12.2. The van der Waals surface area contributed by atoms with Gasteiger partial charge >= 0.3 is 0 Å². The van der Waals surface area contributed by atoms with Crippen LogP contribution in [0, 0.1) is 35.3 Å². The van der Waals surface area contributed by atoms with Gasteiger partial charge in [-0.15, -0.1) is 0 Å². The molecule has 0 bridgehead atoms. The van der Waals surface area contributed by atoms with E-state index in [2.05, 4.69) is 152 Å². The highest BCUT2D eigenvalue weighted by molar-refractivity contribution is 14.1. The summed E-state index contributed by atoms with van der Waals surface area (Å²) in [6.45, 7) is 8.12. The van der Waals surface area contributed by atoms with Gasteiger partial charge in [0.25, 0.3) is 20.2 Å². The van der Waals surface area contributed by atoms with E-state index in [0.717, 1.165) is 49.5 Å². The first-order chi connectivity index (χ1) is 21.6. The molecule has 0 aromatic heterocycles. The fraction of sp³-hybridized carbons (Fsp3) is 0.323. The summed E-state index contributed by atoms with van der Waals surface area (Å²) >= 11 is 13.7. The molecule has 1 atom stereocenters. The monoisotopic (exact) mass is 1360 g/mol. The SMILES string of the molecule is CN=C(/C=C/C=C/C=C/C=C(/C)N(CCCS(=O)(=O)O)c1cc(I)c(I)c(I)c1C)C(C)(CS(=O)(=O)O)c1c(C)cc(I)c(I)c1I. The van der Waals surface area contributed by atoms with Crippen molar-refractivity contribution < 1.29 is 25.9 Å².